The third kappa shape index (κ3) is 1.85. The molecule has 84 valence electrons. The minimum Gasteiger partial charge on any atom is -0.207 e. The summed E-state index contributed by atoms with van der Waals surface area (Å²) in [7, 11) is 1.98. The first kappa shape index (κ1) is 10.9. The van der Waals surface area contributed by atoms with E-state index in [9.17, 15) is 4.39 Å². The highest BCUT2D eigenvalue weighted by Gasteiger charge is 2.11. The van der Waals surface area contributed by atoms with Gasteiger partial charge in [-0.3, -0.25) is 0 Å². The van der Waals surface area contributed by atoms with Gasteiger partial charge in [0.15, 0.2) is 13.2 Å². The van der Waals surface area contributed by atoms with Crippen LogP contribution in [0.5, 0.6) is 0 Å². The van der Waals surface area contributed by atoms with E-state index in [1.54, 1.807) is 0 Å². The largest absolute Gasteiger partial charge is 0.207 e. The van der Waals surface area contributed by atoms with Gasteiger partial charge in [-0.1, -0.05) is 6.07 Å². The van der Waals surface area contributed by atoms with Crippen LogP contribution in [-0.2, 0) is 13.6 Å². The number of nitrogens with zero attached hydrogens (tertiary/aromatic N) is 2. The Balaban J connectivity index is 2.42. The van der Waals surface area contributed by atoms with Crippen molar-refractivity contribution in [1.29, 1.82) is 0 Å². The molecular weight excluding hydrogens is 203 g/mol. The van der Waals surface area contributed by atoms with E-state index in [2.05, 4.69) is 4.68 Å². The summed E-state index contributed by atoms with van der Waals surface area (Å²) >= 11 is 0. The van der Waals surface area contributed by atoms with Crippen LogP contribution in [0.25, 0.3) is 0 Å². The first-order chi connectivity index (χ1) is 7.59. The van der Waals surface area contributed by atoms with Crippen LogP contribution in [0.4, 0.5) is 4.39 Å². The highest BCUT2D eigenvalue weighted by Crippen LogP contribution is 2.17. The lowest BCUT2D eigenvalue weighted by Gasteiger charge is -2.09. The maximum Gasteiger partial charge on any atom is 0.195 e. The average Bonchev–Trinajstić information content (AvgIpc) is 2.65. The maximum absolute atomic E-state index is 13.5. The van der Waals surface area contributed by atoms with E-state index in [0.29, 0.717) is 6.54 Å². The van der Waals surface area contributed by atoms with Gasteiger partial charge in [0.1, 0.15) is 12.4 Å². The van der Waals surface area contributed by atoms with Crippen LogP contribution in [0.15, 0.2) is 30.6 Å². The van der Waals surface area contributed by atoms with Crippen LogP contribution in [0.1, 0.15) is 16.7 Å². The van der Waals surface area contributed by atoms with Crippen molar-refractivity contribution in [2.24, 2.45) is 7.05 Å². The molecule has 0 bridgehead atoms. The number of halogens is 1. The third-order valence-electron chi connectivity index (χ3n) is 3.05. The maximum atomic E-state index is 13.5. The molecule has 16 heavy (non-hydrogen) atoms. The normalized spacial score (nSPS) is 10.8. The van der Waals surface area contributed by atoms with Crippen molar-refractivity contribution >= 4 is 0 Å². The van der Waals surface area contributed by atoms with Crippen LogP contribution < -0.4 is 4.68 Å². The fourth-order valence-electron chi connectivity index (χ4n) is 1.89. The SMILES string of the molecule is Cc1ccc(F)c(C)c1Cn1ccc[n+]1C. The van der Waals surface area contributed by atoms with Gasteiger partial charge in [-0.15, -0.1) is 4.68 Å². The molecule has 0 saturated heterocycles. The van der Waals surface area contributed by atoms with E-state index in [1.807, 2.05) is 50.1 Å². The number of benzene rings is 1. The molecule has 0 aliphatic heterocycles. The van der Waals surface area contributed by atoms with E-state index >= 15 is 0 Å². The first-order valence-corrected chi connectivity index (χ1v) is 5.35. The molecule has 0 aliphatic rings. The fraction of sp³-hybridized carbons (Fsp3) is 0.308. The molecule has 0 unspecified atom stereocenters. The zero-order valence-corrected chi connectivity index (χ0v) is 9.87. The Kier molecular flexibility index (Phi) is 2.77. The second-order valence-corrected chi connectivity index (χ2v) is 4.13. The molecule has 1 aromatic heterocycles. The molecule has 0 fully saturated rings. The van der Waals surface area contributed by atoms with Gasteiger partial charge >= 0.3 is 0 Å². The van der Waals surface area contributed by atoms with Crippen molar-refractivity contribution in [3.63, 3.8) is 0 Å². The summed E-state index contributed by atoms with van der Waals surface area (Å²) in [4.78, 5) is 0. The number of rotatable bonds is 2. The number of hydrogen-bond donors (Lipinski definition) is 0. The van der Waals surface area contributed by atoms with E-state index in [-0.39, 0.29) is 5.82 Å². The molecule has 1 heterocycles. The molecule has 3 heteroatoms. The van der Waals surface area contributed by atoms with Crippen LogP contribution in [0, 0.1) is 19.7 Å². The Morgan fingerprint density at radius 1 is 1.31 bits per heavy atom. The molecule has 2 aromatic rings. The summed E-state index contributed by atoms with van der Waals surface area (Å²) in [5.74, 6) is -0.129. The highest BCUT2D eigenvalue weighted by molar-refractivity contribution is 5.34. The second-order valence-electron chi connectivity index (χ2n) is 4.13. The van der Waals surface area contributed by atoms with Gasteiger partial charge in [0.25, 0.3) is 0 Å². The van der Waals surface area contributed by atoms with Crippen LogP contribution in [0.3, 0.4) is 0 Å². The molecule has 2 nitrogen and oxygen atoms in total. The molecule has 1 aromatic carbocycles. The monoisotopic (exact) mass is 219 g/mol. The zero-order chi connectivity index (χ0) is 11.7. The first-order valence-electron chi connectivity index (χ1n) is 5.35. The van der Waals surface area contributed by atoms with Gasteiger partial charge in [-0.05, 0) is 36.6 Å². The van der Waals surface area contributed by atoms with Crippen LogP contribution in [0.2, 0.25) is 0 Å². The van der Waals surface area contributed by atoms with Crippen LogP contribution in [-0.4, -0.2) is 4.68 Å². The number of aryl methyl sites for hydroxylation is 2. The molecule has 0 aliphatic carbocycles. The Morgan fingerprint density at radius 3 is 2.69 bits per heavy atom. The second kappa shape index (κ2) is 4.08. The molecular formula is C13H16FN2+. The summed E-state index contributed by atoms with van der Waals surface area (Å²) in [5, 5.41) is 0. The van der Waals surface area contributed by atoms with Crippen molar-refractivity contribution < 1.29 is 9.07 Å². The van der Waals surface area contributed by atoms with Gasteiger partial charge in [0, 0.05) is 6.07 Å². The van der Waals surface area contributed by atoms with E-state index in [0.717, 1.165) is 16.7 Å². The minimum absolute atomic E-state index is 0.129. The zero-order valence-electron chi connectivity index (χ0n) is 9.87. The summed E-state index contributed by atoms with van der Waals surface area (Å²) < 4.78 is 17.5. The van der Waals surface area contributed by atoms with Gasteiger partial charge in [0.2, 0.25) is 0 Å². The predicted molar refractivity (Wildman–Crippen MR) is 60.6 cm³/mol. The Morgan fingerprint density at radius 2 is 2.06 bits per heavy atom. The summed E-state index contributed by atoms with van der Waals surface area (Å²) in [5.41, 5.74) is 2.94. The number of hydrogen-bond acceptors (Lipinski definition) is 0. The predicted octanol–water partition coefficient (Wildman–Crippen LogP) is 2.12. The molecule has 2 rings (SSSR count). The molecule has 0 amide bonds. The minimum atomic E-state index is -0.129. The van der Waals surface area contributed by atoms with Crippen molar-refractivity contribution in [1.82, 2.24) is 4.68 Å². The van der Waals surface area contributed by atoms with E-state index in [1.165, 1.54) is 6.07 Å². The topological polar surface area (TPSA) is 8.81 Å². The standard InChI is InChI=1S/C13H16FN2/c1-10-5-6-13(14)11(2)12(10)9-16-8-4-7-15(16)3/h4-8H,9H2,1-3H3/q+1. The van der Waals surface area contributed by atoms with Crippen molar-refractivity contribution in [3.8, 4) is 0 Å². The number of aromatic nitrogens is 2. The lowest BCUT2D eigenvalue weighted by Crippen LogP contribution is -2.38. The van der Waals surface area contributed by atoms with E-state index in [4.69, 9.17) is 0 Å². The molecule has 0 spiro atoms. The lowest BCUT2D eigenvalue weighted by molar-refractivity contribution is -0.752. The van der Waals surface area contributed by atoms with E-state index < -0.39 is 0 Å². The van der Waals surface area contributed by atoms with Crippen molar-refractivity contribution in [2.75, 3.05) is 0 Å². The van der Waals surface area contributed by atoms with Crippen LogP contribution >= 0.6 is 0 Å². The van der Waals surface area contributed by atoms with Gasteiger partial charge in [0.05, 0.1) is 6.20 Å². The van der Waals surface area contributed by atoms with Crippen molar-refractivity contribution in [2.45, 2.75) is 20.4 Å². The molecule has 0 atom stereocenters. The third-order valence-corrected chi connectivity index (χ3v) is 3.05. The molecule has 0 N–H and O–H groups in total. The Labute approximate surface area is 94.9 Å². The van der Waals surface area contributed by atoms with Gasteiger partial charge in [-0.25, -0.2) is 4.39 Å². The Hall–Kier alpha value is -1.64. The highest BCUT2D eigenvalue weighted by atomic mass is 19.1. The Bertz CT molecular complexity index is 515. The molecule has 0 saturated carbocycles. The summed E-state index contributed by atoms with van der Waals surface area (Å²) in [6.07, 6.45) is 3.97. The smallest absolute Gasteiger partial charge is 0.195 e. The van der Waals surface area contributed by atoms with Crippen molar-refractivity contribution in [3.05, 3.63) is 53.1 Å². The average molecular weight is 219 g/mol. The summed E-state index contributed by atoms with van der Waals surface area (Å²) in [6.45, 7) is 4.56. The van der Waals surface area contributed by atoms with Gasteiger partial charge < -0.3 is 0 Å². The fourth-order valence-corrected chi connectivity index (χ4v) is 1.89. The molecule has 0 radical (unpaired) electrons. The summed E-state index contributed by atoms with van der Waals surface area (Å²) in [6, 6.07) is 5.34. The quantitative estimate of drug-likeness (QED) is 0.684. The van der Waals surface area contributed by atoms with Gasteiger partial charge in [-0.2, -0.15) is 4.68 Å². The lowest BCUT2D eigenvalue weighted by atomic mass is 10.0.